The first-order valence-electron chi connectivity index (χ1n) is 4.36. The summed E-state index contributed by atoms with van der Waals surface area (Å²) >= 11 is 10.8. The smallest absolute Gasteiger partial charge is 0.106 e. The predicted octanol–water partition coefficient (Wildman–Crippen LogP) is 2.79. The molecule has 0 amide bonds. The average Bonchev–Trinajstić information content (AvgIpc) is 2.07. The molecule has 0 aliphatic heterocycles. The molecule has 0 aliphatic carbocycles. The highest BCUT2D eigenvalue weighted by molar-refractivity contribution is 7.80. The number of nitrogens with two attached hydrogens (primary N) is 1. The Bertz CT molecular complexity index is 350. The highest BCUT2D eigenvalue weighted by Gasteiger charge is 2.06. The maximum absolute atomic E-state index is 5.85. The SMILES string of the molecule is CC(C)Nc1ccc(Cl)cc1C(N)=S. The van der Waals surface area contributed by atoms with Gasteiger partial charge in [-0.05, 0) is 32.0 Å². The molecule has 0 saturated carbocycles. The Morgan fingerprint density at radius 1 is 1.50 bits per heavy atom. The number of nitrogens with one attached hydrogen (secondary N) is 1. The fourth-order valence-electron chi connectivity index (χ4n) is 1.16. The molecule has 0 aliphatic rings. The number of hydrogen-bond donors (Lipinski definition) is 2. The molecule has 0 unspecified atom stereocenters. The maximum Gasteiger partial charge on any atom is 0.106 e. The largest absolute Gasteiger partial charge is 0.389 e. The van der Waals surface area contributed by atoms with Gasteiger partial charge in [0.15, 0.2) is 0 Å². The van der Waals surface area contributed by atoms with Crippen LogP contribution in [-0.4, -0.2) is 11.0 Å². The van der Waals surface area contributed by atoms with Crippen LogP contribution in [0.25, 0.3) is 0 Å². The Hall–Kier alpha value is -0.800. The van der Waals surface area contributed by atoms with E-state index >= 15 is 0 Å². The molecule has 3 N–H and O–H groups in total. The number of anilines is 1. The summed E-state index contributed by atoms with van der Waals surface area (Å²) < 4.78 is 0. The molecule has 0 atom stereocenters. The lowest BCUT2D eigenvalue weighted by Gasteiger charge is -2.14. The molecule has 1 rings (SSSR count). The van der Waals surface area contributed by atoms with Crippen molar-refractivity contribution in [1.82, 2.24) is 0 Å². The van der Waals surface area contributed by atoms with Crippen LogP contribution in [-0.2, 0) is 0 Å². The van der Waals surface area contributed by atoms with Crippen molar-refractivity contribution in [3.8, 4) is 0 Å². The lowest BCUT2D eigenvalue weighted by atomic mass is 10.1. The molecule has 0 saturated heterocycles. The Kier molecular flexibility index (Phi) is 3.72. The summed E-state index contributed by atoms with van der Waals surface area (Å²) in [6, 6.07) is 5.81. The van der Waals surface area contributed by atoms with E-state index in [2.05, 4.69) is 19.2 Å². The summed E-state index contributed by atoms with van der Waals surface area (Å²) in [5.74, 6) is 0. The number of halogens is 1. The fraction of sp³-hybridized carbons (Fsp3) is 0.300. The molecule has 1 aromatic rings. The van der Waals surface area contributed by atoms with Crippen molar-refractivity contribution in [1.29, 1.82) is 0 Å². The van der Waals surface area contributed by atoms with Crippen molar-refractivity contribution >= 4 is 34.5 Å². The molecule has 4 heteroatoms. The topological polar surface area (TPSA) is 38.0 Å². The first-order valence-corrected chi connectivity index (χ1v) is 5.15. The van der Waals surface area contributed by atoms with Gasteiger partial charge < -0.3 is 11.1 Å². The molecule has 0 heterocycles. The van der Waals surface area contributed by atoms with Crippen molar-refractivity contribution < 1.29 is 0 Å². The van der Waals surface area contributed by atoms with Crippen LogP contribution in [0.5, 0.6) is 0 Å². The van der Waals surface area contributed by atoms with Crippen molar-refractivity contribution in [2.24, 2.45) is 5.73 Å². The lowest BCUT2D eigenvalue weighted by molar-refractivity contribution is 0.899. The van der Waals surface area contributed by atoms with Crippen molar-refractivity contribution in [3.05, 3.63) is 28.8 Å². The van der Waals surface area contributed by atoms with Gasteiger partial charge in [0.1, 0.15) is 4.99 Å². The minimum atomic E-state index is 0.337. The van der Waals surface area contributed by atoms with Gasteiger partial charge in [-0.15, -0.1) is 0 Å². The monoisotopic (exact) mass is 228 g/mol. The third-order valence-electron chi connectivity index (χ3n) is 1.69. The lowest BCUT2D eigenvalue weighted by Crippen LogP contribution is -2.16. The van der Waals surface area contributed by atoms with E-state index in [0.29, 0.717) is 16.1 Å². The minimum Gasteiger partial charge on any atom is -0.389 e. The summed E-state index contributed by atoms with van der Waals surface area (Å²) in [7, 11) is 0. The first-order chi connectivity index (χ1) is 6.50. The van der Waals surface area contributed by atoms with Gasteiger partial charge in [0, 0.05) is 22.3 Å². The first kappa shape index (κ1) is 11.3. The van der Waals surface area contributed by atoms with Crippen molar-refractivity contribution in [2.45, 2.75) is 19.9 Å². The van der Waals surface area contributed by atoms with E-state index in [1.165, 1.54) is 0 Å². The number of rotatable bonds is 3. The molecule has 14 heavy (non-hydrogen) atoms. The Labute approximate surface area is 94.4 Å². The summed E-state index contributed by atoms with van der Waals surface area (Å²) in [6.07, 6.45) is 0. The van der Waals surface area contributed by atoms with Crippen LogP contribution < -0.4 is 11.1 Å². The molecule has 1 aromatic carbocycles. The fourth-order valence-corrected chi connectivity index (χ4v) is 1.50. The zero-order chi connectivity index (χ0) is 10.7. The van der Waals surface area contributed by atoms with Crippen LogP contribution >= 0.6 is 23.8 Å². The third kappa shape index (κ3) is 2.86. The second kappa shape index (κ2) is 4.62. The summed E-state index contributed by atoms with van der Waals surface area (Å²) in [4.78, 5) is 0.357. The van der Waals surface area contributed by atoms with Gasteiger partial charge in [0.05, 0.1) is 0 Å². The molecule has 76 valence electrons. The second-order valence-corrected chi connectivity index (χ2v) is 4.23. The van der Waals surface area contributed by atoms with Crippen LogP contribution in [0.4, 0.5) is 5.69 Å². The van der Waals surface area contributed by atoms with E-state index in [9.17, 15) is 0 Å². The summed E-state index contributed by atoms with van der Waals surface area (Å²) in [6.45, 7) is 4.11. The van der Waals surface area contributed by atoms with Gasteiger partial charge in [-0.2, -0.15) is 0 Å². The van der Waals surface area contributed by atoms with Crippen LogP contribution in [0, 0.1) is 0 Å². The van der Waals surface area contributed by atoms with Crippen LogP contribution in [0.2, 0.25) is 5.02 Å². The van der Waals surface area contributed by atoms with Gasteiger partial charge in [-0.3, -0.25) is 0 Å². The zero-order valence-electron chi connectivity index (χ0n) is 8.17. The van der Waals surface area contributed by atoms with Crippen molar-refractivity contribution in [3.63, 3.8) is 0 Å². The molecule has 0 radical (unpaired) electrons. The highest BCUT2D eigenvalue weighted by Crippen LogP contribution is 2.21. The number of hydrogen-bond acceptors (Lipinski definition) is 2. The zero-order valence-corrected chi connectivity index (χ0v) is 9.75. The summed E-state index contributed by atoms with van der Waals surface area (Å²) in [5.41, 5.74) is 7.31. The standard InChI is InChI=1S/C10H13ClN2S/c1-6(2)13-9-4-3-7(11)5-8(9)10(12)14/h3-6,13H,1-2H3,(H2,12,14). The Morgan fingerprint density at radius 2 is 2.14 bits per heavy atom. The number of benzene rings is 1. The van der Waals surface area contributed by atoms with Crippen LogP contribution in [0.1, 0.15) is 19.4 Å². The molecule has 0 aromatic heterocycles. The van der Waals surface area contributed by atoms with E-state index in [4.69, 9.17) is 29.6 Å². The molecule has 0 fully saturated rings. The predicted molar refractivity (Wildman–Crippen MR) is 66.1 cm³/mol. The quantitative estimate of drug-likeness (QED) is 0.782. The van der Waals surface area contributed by atoms with E-state index in [1.54, 1.807) is 6.07 Å². The van der Waals surface area contributed by atoms with Gasteiger partial charge in [-0.25, -0.2) is 0 Å². The molecule has 0 spiro atoms. The van der Waals surface area contributed by atoms with Crippen LogP contribution in [0.3, 0.4) is 0 Å². The van der Waals surface area contributed by atoms with E-state index < -0.39 is 0 Å². The van der Waals surface area contributed by atoms with E-state index in [-0.39, 0.29) is 0 Å². The van der Waals surface area contributed by atoms with Crippen molar-refractivity contribution in [2.75, 3.05) is 5.32 Å². The van der Waals surface area contributed by atoms with E-state index in [0.717, 1.165) is 11.3 Å². The third-order valence-corrected chi connectivity index (χ3v) is 2.15. The maximum atomic E-state index is 5.85. The normalized spacial score (nSPS) is 10.3. The second-order valence-electron chi connectivity index (χ2n) is 3.35. The molecular formula is C10H13ClN2S. The average molecular weight is 229 g/mol. The van der Waals surface area contributed by atoms with Crippen LogP contribution in [0.15, 0.2) is 18.2 Å². The molecule has 0 bridgehead atoms. The molecular weight excluding hydrogens is 216 g/mol. The minimum absolute atomic E-state index is 0.337. The van der Waals surface area contributed by atoms with Gasteiger partial charge >= 0.3 is 0 Å². The van der Waals surface area contributed by atoms with Gasteiger partial charge in [-0.1, -0.05) is 23.8 Å². The molecule has 2 nitrogen and oxygen atoms in total. The van der Waals surface area contributed by atoms with E-state index in [1.807, 2.05) is 12.1 Å². The van der Waals surface area contributed by atoms with Gasteiger partial charge in [0.2, 0.25) is 0 Å². The summed E-state index contributed by atoms with van der Waals surface area (Å²) in [5, 5.41) is 3.90. The number of thiocarbonyl (C=S) groups is 1. The van der Waals surface area contributed by atoms with Gasteiger partial charge in [0.25, 0.3) is 0 Å². The Balaban J connectivity index is 3.08. The highest BCUT2D eigenvalue weighted by atomic mass is 35.5. The Morgan fingerprint density at radius 3 is 2.64 bits per heavy atom.